The molecule has 4 rings (SSSR count). The lowest BCUT2D eigenvalue weighted by molar-refractivity contribution is -0.286. The van der Waals surface area contributed by atoms with Crippen LogP contribution in [0.5, 0.6) is 11.5 Å². The Labute approximate surface area is 236 Å². The smallest absolute Gasteiger partial charge is 0.480 e. The molecular weight excluding hydrogens is 566 g/mol. The van der Waals surface area contributed by atoms with Crippen molar-refractivity contribution < 1.29 is 56.8 Å². The third-order valence-corrected chi connectivity index (χ3v) is 6.32. The zero-order valence-corrected chi connectivity index (χ0v) is 22.5. The number of alkyl halides is 2. The molecule has 2 aliphatic rings. The summed E-state index contributed by atoms with van der Waals surface area (Å²) in [7, 11) is 0. The lowest BCUT2D eigenvalue weighted by atomic mass is 9.82. The number of carboxylic acid groups (broad SMARTS) is 1. The van der Waals surface area contributed by atoms with E-state index >= 15 is 0 Å². The number of hydrogen-bond acceptors (Lipinski definition) is 10. The molecule has 4 amide bonds. The van der Waals surface area contributed by atoms with Crippen LogP contribution in [0.25, 0.3) is 0 Å². The maximum atomic E-state index is 13.3. The van der Waals surface area contributed by atoms with Gasteiger partial charge in [0.15, 0.2) is 17.5 Å². The summed E-state index contributed by atoms with van der Waals surface area (Å²) < 4.78 is 44.9. The lowest BCUT2D eigenvalue weighted by Gasteiger charge is -2.43. The minimum atomic E-state index is -3.82. The van der Waals surface area contributed by atoms with Crippen molar-refractivity contribution in [3.63, 3.8) is 0 Å². The van der Waals surface area contributed by atoms with E-state index in [1.54, 1.807) is 13.8 Å². The number of carbonyl (C=O) groups excluding carboxylic acids is 4. The summed E-state index contributed by atoms with van der Waals surface area (Å²) in [5.41, 5.74) is 0.773. The van der Waals surface area contributed by atoms with Gasteiger partial charge in [-0.25, -0.2) is 24.3 Å². The molecule has 16 heteroatoms. The number of aromatic nitrogens is 1. The number of benzene rings is 1. The quantitative estimate of drug-likeness (QED) is 0.221. The Hall–Kier alpha value is -5.02. The maximum Gasteiger partial charge on any atom is 0.586 e. The van der Waals surface area contributed by atoms with Crippen molar-refractivity contribution in [1.82, 2.24) is 15.2 Å². The minimum Gasteiger partial charge on any atom is -0.480 e. The largest absolute Gasteiger partial charge is 0.586 e. The zero-order valence-electron chi connectivity index (χ0n) is 22.5. The number of aliphatic carboxylic acids is 1. The zero-order chi connectivity index (χ0) is 30.8. The summed E-state index contributed by atoms with van der Waals surface area (Å²) in [4.78, 5) is 65.7. The molecule has 0 saturated carbocycles. The normalized spacial score (nSPS) is 19.0. The number of fused-ring (bicyclic) bond motifs is 1. The number of nitrogens with zero attached hydrogens (tertiary/aromatic N) is 2. The fourth-order valence-electron chi connectivity index (χ4n) is 4.20. The summed E-state index contributed by atoms with van der Waals surface area (Å²) in [6, 6.07) is 3.47. The Morgan fingerprint density at radius 1 is 1.10 bits per heavy atom. The van der Waals surface area contributed by atoms with Gasteiger partial charge >= 0.3 is 30.4 Å². The number of halogens is 2. The Bertz CT molecular complexity index is 1420. The molecule has 0 spiro atoms. The molecule has 2 aliphatic heterocycles. The third kappa shape index (κ3) is 6.64. The average molecular weight is 593 g/mol. The van der Waals surface area contributed by atoms with E-state index in [1.807, 2.05) is 0 Å². The van der Waals surface area contributed by atoms with E-state index in [1.165, 1.54) is 43.5 Å². The Balaban J connectivity index is 1.35. The van der Waals surface area contributed by atoms with Gasteiger partial charge in [-0.2, -0.15) is 0 Å². The highest BCUT2D eigenvalue weighted by atomic mass is 19.3. The molecule has 0 bridgehead atoms. The van der Waals surface area contributed by atoms with E-state index < -0.39 is 67.0 Å². The lowest BCUT2D eigenvalue weighted by Crippen LogP contribution is -2.68. The summed E-state index contributed by atoms with van der Waals surface area (Å²) in [5, 5.41) is 14.6. The van der Waals surface area contributed by atoms with Crippen LogP contribution in [0.2, 0.25) is 0 Å². The molecule has 0 aliphatic carbocycles. The molecule has 1 aromatic carbocycles. The second-order valence-electron chi connectivity index (χ2n) is 9.69. The van der Waals surface area contributed by atoms with Gasteiger partial charge in [0.05, 0.1) is 17.9 Å². The highest BCUT2D eigenvalue weighted by Gasteiger charge is 2.55. The molecule has 224 valence electrons. The standard InChI is InChI=1S/C26H26F2N4O10/c1-12(2)23(36)39-11-40-25(38)31-19-9-14(6-7-29-19)8-16-20(22(34)35)32(21(16)33)24(37)30-13(3)15-4-5-17-18(10-15)42-26(27,28)41-17/h4-7,9-10,12-13,16,20H,8,11H2,1-3H3,(H,30,37)(H,34,35)(H,29,31,38)/t13?,16?,20-/m0/s1. The number of esters is 1. The first kappa shape index (κ1) is 30.0. The van der Waals surface area contributed by atoms with E-state index in [9.17, 15) is 37.9 Å². The van der Waals surface area contributed by atoms with Gasteiger partial charge in [-0.05, 0) is 48.7 Å². The average Bonchev–Trinajstić information content (AvgIpc) is 3.22. The van der Waals surface area contributed by atoms with Gasteiger partial charge in [-0.3, -0.25) is 14.9 Å². The monoisotopic (exact) mass is 592 g/mol. The molecule has 2 unspecified atom stereocenters. The number of imide groups is 1. The Kier molecular flexibility index (Phi) is 8.44. The number of carboxylic acids is 1. The van der Waals surface area contributed by atoms with E-state index in [4.69, 9.17) is 9.47 Å². The van der Waals surface area contributed by atoms with Crippen molar-refractivity contribution in [3.8, 4) is 11.5 Å². The number of anilines is 1. The number of urea groups is 1. The van der Waals surface area contributed by atoms with E-state index in [0.29, 0.717) is 16.0 Å². The predicted octanol–water partition coefficient (Wildman–Crippen LogP) is 3.03. The van der Waals surface area contributed by atoms with Crippen LogP contribution in [0.4, 0.5) is 24.2 Å². The van der Waals surface area contributed by atoms with Gasteiger partial charge in [-0.15, -0.1) is 8.78 Å². The van der Waals surface area contributed by atoms with E-state index in [0.717, 1.165) is 0 Å². The predicted molar refractivity (Wildman–Crippen MR) is 135 cm³/mol. The number of carbonyl (C=O) groups is 5. The number of likely N-dealkylation sites (tertiary alicyclic amines) is 1. The van der Waals surface area contributed by atoms with Crippen molar-refractivity contribution in [2.75, 3.05) is 12.1 Å². The van der Waals surface area contributed by atoms with Crippen LogP contribution in [-0.4, -0.2) is 64.1 Å². The van der Waals surface area contributed by atoms with Crippen LogP contribution in [0.15, 0.2) is 36.5 Å². The fourth-order valence-corrected chi connectivity index (χ4v) is 4.20. The first-order valence-electron chi connectivity index (χ1n) is 12.6. The Morgan fingerprint density at radius 2 is 1.81 bits per heavy atom. The number of rotatable bonds is 9. The second kappa shape index (κ2) is 11.8. The number of amides is 4. The van der Waals surface area contributed by atoms with Crippen LogP contribution in [0.1, 0.15) is 37.9 Å². The van der Waals surface area contributed by atoms with Gasteiger partial charge < -0.3 is 29.4 Å². The molecule has 14 nitrogen and oxygen atoms in total. The molecule has 0 radical (unpaired) electrons. The van der Waals surface area contributed by atoms with Crippen molar-refractivity contribution in [2.24, 2.45) is 11.8 Å². The maximum absolute atomic E-state index is 13.3. The molecule has 42 heavy (non-hydrogen) atoms. The van der Waals surface area contributed by atoms with Gasteiger partial charge in [0.2, 0.25) is 12.7 Å². The van der Waals surface area contributed by atoms with Crippen LogP contribution in [0.3, 0.4) is 0 Å². The number of hydrogen-bond donors (Lipinski definition) is 3. The van der Waals surface area contributed by atoms with Crippen molar-refractivity contribution in [2.45, 2.75) is 45.6 Å². The number of pyridine rings is 1. The van der Waals surface area contributed by atoms with Crippen molar-refractivity contribution in [1.29, 1.82) is 0 Å². The van der Waals surface area contributed by atoms with Crippen molar-refractivity contribution in [3.05, 3.63) is 47.7 Å². The van der Waals surface area contributed by atoms with Crippen molar-refractivity contribution >= 4 is 35.8 Å². The molecule has 1 aromatic heterocycles. The minimum absolute atomic E-state index is 0.0243. The molecule has 1 saturated heterocycles. The van der Waals surface area contributed by atoms with E-state index in [-0.39, 0.29) is 23.7 Å². The Morgan fingerprint density at radius 3 is 2.50 bits per heavy atom. The summed E-state index contributed by atoms with van der Waals surface area (Å²) in [5.74, 6) is -4.64. The first-order valence-corrected chi connectivity index (χ1v) is 12.6. The van der Waals surface area contributed by atoms with Gasteiger partial charge in [0.1, 0.15) is 5.82 Å². The summed E-state index contributed by atoms with van der Waals surface area (Å²) in [6.07, 6.45) is -3.56. The van der Waals surface area contributed by atoms with Crippen LogP contribution in [0, 0.1) is 11.8 Å². The highest BCUT2D eigenvalue weighted by Crippen LogP contribution is 2.42. The molecule has 3 N–H and O–H groups in total. The third-order valence-electron chi connectivity index (χ3n) is 6.32. The van der Waals surface area contributed by atoms with Gasteiger partial charge in [-0.1, -0.05) is 19.9 Å². The topological polar surface area (TPSA) is 183 Å². The van der Waals surface area contributed by atoms with E-state index in [2.05, 4.69) is 25.1 Å². The van der Waals surface area contributed by atoms with Crippen LogP contribution < -0.4 is 20.1 Å². The number of ether oxygens (including phenoxy) is 4. The fraction of sp³-hybridized carbons (Fsp3) is 0.385. The molecule has 3 heterocycles. The van der Waals surface area contributed by atoms with Crippen LogP contribution in [-0.2, 0) is 30.3 Å². The molecular formula is C26H26F2N4O10. The summed E-state index contributed by atoms with van der Waals surface area (Å²) >= 11 is 0. The number of β-lactam (4-membered cyclic amide) rings is 1. The highest BCUT2D eigenvalue weighted by molar-refractivity contribution is 6.07. The summed E-state index contributed by atoms with van der Waals surface area (Å²) in [6.45, 7) is 4.12. The van der Waals surface area contributed by atoms with Crippen LogP contribution >= 0.6 is 0 Å². The molecule has 1 fully saturated rings. The van der Waals surface area contributed by atoms with Gasteiger partial charge in [0.25, 0.3) is 0 Å². The first-order chi connectivity index (χ1) is 19.8. The number of nitrogens with one attached hydrogen (secondary N) is 2. The SMILES string of the molecule is CC(C)C(=O)OCOC(=O)Nc1cc(CC2C(=O)N(C(=O)NC(C)c3ccc4c(c3)OC(F)(F)O4)[C@@H]2C(=O)O)ccn1. The second-order valence-corrected chi connectivity index (χ2v) is 9.69. The molecule has 2 aromatic rings. The molecule has 3 atom stereocenters. The van der Waals surface area contributed by atoms with Gasteiger partial charge in [0, 0.05) is 6.20 Å².